The zero-order valence-electron chi connectivity index (χ0n) is 9.77. The van der Waals surface area contributed by atoms with Gasteiger partial charge in [-0.1, -0.05) is 22.9 Å². The van der Waals surface area contributed by atoms with Gasteiger partial charge in [0.2, 0.25) is 0 Å². The fourth-order valence-corrected chi connectivity index (χ4v) is 3.51. The molecule has 1 aromatic carbocycles. The van der Waals surface area contributed by atoms with Crippen molar-refractivity contribution in [3.63, 3.8) is 0 Å². The minimum Gasteiger partial charge on any atom is -0.348 e. The molecule has 0 aliphatic carbocycles. The second-order valence-electron chi connectivity index (χ2n) is 4.50. The van der Waals surface area contributed by atoms with Gasteiger partial charge in [-0.15, -0.1) is 0 Å². The standard InChI is InChI=1S/C13H12ClN3S/c14-10-1-2-11-12(7-10)18-13(16-11)17-5-3-9(8-15)4-6-17/h1-2,7,9H,3-6H2. The van der Waals surface area contributed by atoms with Gasteiger partial charge in [0.15, 0.2) is 5.13 Å². The fraction of sp³-hybridized carbons (Fsp3) is 0.385. The summed E-state index contributed by atoms with van der Waals surface area (Å²) in [7, 11) is 0. The van der Waals surface area contributed by atoms with Crippen molar-refractivity contribution in [3.05, 3.63) is 23.2 Å². The maximum atomic E-state index is 8.90. The maximum absolute atomic E-state index is 8.90. The Kier molecular flexibility index (Phi) is 3.11. The molecular formula is C13H12ClN3S. The Morgan fingerprint density at radius 2 is 2.17 bits per heavy atom. The van der Waals surface area contributed by atoms with Crippen molar-refractivity contribution in [2.24, 2.45) is 5.92 Å². The van der Waals surface area contributed by atoms with Crippen molar-refractivity contribution in [2.45, 2.75) is 12.8 Å². The molecule has 1 fully saturated rings. The third-order valence-electron chi connectivity index (χ3n) is 3.29. The normalized spacial score (nSPS) is 17.0. The van der Waals surface area contributed by atoms with E-state index in [1.807, 2.05) is 18.2 Å². The van der Waals surface area contributed by atoms with Crippen LogP contribution >= 0.6 is 22.9 Å². The molecule has 0 N–H and O–H groups in total. The Balaban J connectivity index is 1.85. The average Bonchev–Trinajstić information content (AvgIpc) is 2.81. The average molecular weight is 278 g/mol. The monoisotopic (exact) mass is 277 g/mol. The molecule has 0 radical (unpaired) electrons. The van der Waals surface area contributed by atoms with Gasteiger partial charge in [-0.25, -0.2) is 4.98 Å². The highest BCUT2D eigenvalue weighted by molar-refractivity contribution is 7.22. The number of anilines is 1. The zero-order valence-corrected chi connectivity index (χ0v) is 11.3. The first-order valence-electron chi connectivity index (χ1n) is 5.97. The van der Waals surface area contributed by atoms with Crippen molar-refractivity contribution < 1.29 is 0 Å². The van der Waals surface area contributed by atoms with E-state index in [1.54, 1.807) is 11.3 Å². The summed E-state index contributed by atoms with van der Waals surface area (Å²) >= 11 is 7.66. The molecule has 0 spiro atoms. The second-order valence-corrected chi connectivity index (χ2v) is 5.94. The topological polar surface area (TPSA) is 39.9 Å². The lowest BCUT2D eigenvalue weighted by atomic mass is 9.99. The molecule has 5 heteroatoms. The second kappa shape index (κ2) is 4.75. The SMILES string of the molecule is N#CC1CCN(c2nc3ccc(Cl)cc3s2)CC1. The molecule has 1 aliphatic heterocycles. The number of rotatable bonds is 1. The van der Waals surface area contributed by atoms with E-state index in [2.05, 4.69) is 16.0 Å². The van der Waals surface area contributed by atoms with E-state index in [1.165, 1.54) is 0 Å². The van der Waals surface area contributed by atoms with Gasteiger partial charge in [0.05, 0.1) is 16.3 Å². The van der Waals surface area contributed by atoms with E-state index in [-0.39, 0.29) is 5.92 Å². The molecule has 1 aromatic heterocycles. The minimum atomic E-state index is 0.213. The predicted octanol–water partition coefficient (Wildman–Crippen LogP) is 3.69. The van der Waals surface area contributed by atoms with Gasteiger partial charge in [0, 0.05) is 24.0 Å². The molecule has 0 amide bonds. The molecule has 92 valence electrons. The van der Waals surface area contributed by atoms with E-state index in [9.17, 15) is 0 Å². The molecule has 0 atom stereocenters. The number of aromatic nitrogens is 1. The van der Waals surface area contributed by atoms with Gasteiger partial charge in [-0.3, -0.25) is 0 Å². The van der Waals surface area contributed by atoms with Crippen LogP contribution < -0.4 is 4.90 Å². The summed E-state index contributed by atoms with van der Waals surface area (Å²) < 4.78 is 1.12. The Bertz CT molecular complexity index is 608. The molecule has 2 heterocycles. The third-order valence-corrected chi connectivity index (χ3v) is 4.60. The van der Waals surface area contributed by atoms with Crippen LogP contribution in [0.4, 0.5) is 5.13 Å². The highest BCUT2D eigenvalue weighted by Crippen LogP contribution is 2.32. The van der Waals surface area contributed by atoms with E-state index >= 15 is 0 Å². The minimum absolute atomic E-state index is 0.213. The van der Waals surface area contributed by atoms with Crippen molar-refractivity contribution in [1.29, 1.82) is 5.26 Å². The number of halogens is 1. The highest BCUT2D eigenvalue weighted by atomic mass is 35.5. The lowest BCUT2D eigenvalue weighted by Gasteiger charge is -2.28. The smallest absolute Gasteiger partial charge is 0.186 e. The van der Waals surface area contributed by atoms with Crippen molar-refractivity contribution >= 4 is 38.3 Å². The summed E-state index contributed by atoms with van der Waals surface area (Å²) in [5.74, 6) is 0.213. The first-order chi connectivity index (χ1) is 8.76. The summed E-state index contributed by atoms with van der Waals surface area (Å²) in [5, 5.41) is 10.7. The quantitative estimate of drug-likeness (QED) is 0.798. The molecular weight excluding hydrogens is 266 g/mol. The zero-order chi connectivity index (χ0) is 12.5. The van der Waals surface area contributed by atoms with Crippen LogP contribution in [0.3, 0.4) is 0 Å². The van der Waals surface area contributed by atoms with Crippen LogP contribution in [-0.4, -0.2) is 18.1 Å². The van der Waals surface area contributed by atoms with Crippen molar-refractivity contribution in [2.75, 3.05) is 18.0 Å². The molecule has 3 rings (SSSR count). The molecule has 1 aliphatic rings. The number of nitrogens with zero attached hydrogens (tertiary/aromatic N) is 3. The van der Waals surface area contributed by atoms with Gasteiger partial charge < -0.3 is 4.90 Å². The Morgan fingerprint density at radius 3 is 2.89 bits per heavy atom. The van der Waals surface area contributed by atoms with Gasteiger partial charge in [0.1, 0.15) is 0 Å². The van der Waals surface area contributed by atoms with Crippen LogP contribution in [-0.2, 0) is 0 Å². The molecule has 0 bridgehead atoms. The van der Waals surface area contributed by atoms with Crippen molar-refractivity contribution in [3.8, 4) is 6.07 Å². The Morgan fingerprint density at radius 1 is 1.39 bits per heavy atom. The van der Waals surface area contributed by atoms with E-state index in [0.29, 0.717) is 0 Å². The van der Waals surface area contributed by atoms with Crippen molar-refractivity contribution in [1.82, 2.24) is 4.98 Å². The number of hydrogen-bond acceptors (Lipinski definition) is 4. The Labute approximate surface area is 115 Å². The molecule has 18 heavy (non-hydrogen) atoms. The van der Waals surface area contributed by atoms with Gasteiger partial charge in [-0.2, -0.15) is 5.26 Å². The summed E-state index contributed by atoms with van der Waals surface area (Å²) in [6.45, 7) is 1.84. The summed E-state index contributed by atoms with van der Waals surface area (Å²) in [5.41, 5.74) is 1.00. The molecule has 0 unspecified atom stereocenters. The molecule has 1 saturated heterocycles. The Hall–Kier alpha value is -1.31. The van der Waals surface area contributed by atoms with E-state index in [4.69, 9.17) is 16.9 Å². The number of hydrogen-bond donors (Lipinski definition) is 0. The van der Waals surface area contributed by atoms with Crippen LogP contribution in [0.2, 0.25) is 5.02 Å². The van der Waals surface area contributed by atoms with Crippen LogP contribution in [0.5, 0.6) is 0 Å². The lowest BCUT2D eigenvalue weighted by molar-refractivity contribution is 0.487. The van der Waals surface area contributed by atoms with E-state index < -0.39 is 0 Å². The number of benzene rings is 1. The number of fused-ring (bicyclic) bond motifs is 1. The first kappa shape index (κ1) is 11.8. The largest absolute Gasteiger partial charge is 0.348 e. The number of piperidine rings is 1. The van der Waals surface area contributed by atoms with Gasteiger partial charge in [0.25, 0.3) is 0 Å². The number of thiazole rings is 1. The van der Waals surface area contributed by atoms with E-state index in [0.717, 1.165) is 46.3 Å². The lowest BCUT2D eigenvalue weighted by Crippen LogP contribution is -2.33. The van der Waals surface area contributed by atoms with Crippen LogP contribution in [0.25, 0.3) is 10.2 Å². The van der Waals surface area contributed by atoms with Gasteiger partial charge in [-0.05, 0) is 31.0 Å². The summed E-state index contributed by atoms with van der Waals surface area (Å²) in [6.07, 6.45) is 1.88. The summed E-state index contributed by atoms with van der Waals surface area (Å²) in [6, 6.07) is 8.14. The maximum Gasteiger partial charge on any atom is 0.186 e. The highest BCUT2D eigenvalue weighted by Gasteiger charge is 2.21. The predicted molar refractivity (Wildman–Crippen MR) is 75.2 cm³/mol. The first-order valence-corrected chi connectivity index (χ1v) is 7.16. The molecule has 0 saturated carbocycles. The molecule has 2 aromatic rings. The van der Waals surface area contributed by atoms with Gasteiger partial charge >= 0.3 is 0 Å². The fourth-order valence-electron chi connectivity index (χ4n) is 2.22. The summed E-state index contributed by atoms with van der Waals surface area (Å²) in [4.78, 5) is 6.90. The third kappa shape index (κ3) is 2.16. The van der Waals surface area contributed by atoms with Crippen LogP contribution in [0.15, 0.2) is 18.2 Å². The van der Waals surface area contributed by atoms with Crippen LogP contribution in [0, 0.1) is 17.2 Å². The van der Waals surface area contributed by atoms with Crippen LogP contribution in [0.1, 0.15) is 12.8 Å². The number of nitriles is 1. The molecule has 3 nitrogen and oxygen atoms in total.